The predicted molar refractivity (Wildman–Crippen MR) is 107 cm³/mol. The van der Waals surface area contributed by atoms with Gasteiger partial charge in [-0.05, 0) is 43.2 Å². The number of nitriles is 1. The highest BCUT2D eigenvalue weighted by Crippen LogP contribution is 2.46. The number of primary amides is 1. The second-order valence-electron chi connectivity index (χ2n) is 8.05. The van der Waals surface area contributed by atoms with E-state index < -0.39 is 17.5 Å². The van der Waals surface area contributed by atoms with Crippen LogP contribution in [0.5, 0.6) is 0 Å². The Kier molecular flexibility index (Phi) is 5.17. The quantitative estimate of drug-likeness (QED) is 0.235. The van der Waals surface area contributed by atoms with E-state index in [1.807, 2.05) is 6.19 Å². The van der Waals surface area contributed by atoms with Crippen molar-refractivity contribution in [2.75, 3.05) is 10.4 Å². The van der Waals surface area contributed by atoms with E-state index in [1.165, 1.54) is 17.5 Å². The van der Waals surface area contributed by atoms with Gasteiger partial charge in [-0.1, -0.05) is 6.42 Å². The van der Waals surface area contributed by atoms with Gasteiger partial charge in [-0.3, -0.25) is 20.7 Å². The van der Waals surface area contributed by atoms with Crippen LogP contribution in [0.3, 0.4) is 0 Å². The van der Waals surface area contributed by atoms with Gasteiger partial charge in [0.25, 0.3) is 0 Å². The number of aliphatic imine (C=N–C) groups is 1. The molecule has 3 heterocycles. The first-order valence-corrected chi connectivity index (χ1v) is 9.94. The van der Waals surface area contributed by atoms with Gasteiger partial charge in [0, 0.05) is 12.8 Å². The Labute approximate surface area is 173 Å². The second kappa shape index (κ2) is 7.79. The average molecular weight is 412 g/mol. The average Bonchev–Trinajstić information content (AvgIpc) is 3.35. The number of nitrogens with one attached hydrogen (secondary N) is 2. The van der Waals surface area contributed by atoms with Crippen molar-refractivity contribution in [2.24, 2.45) is 28.3 Å². The molecule has 2 fully saturated rings. The fourth-order valence-electron chi connectivity index (χ4n) is 4.65. The van der Waals surface area contributed by atoms with Gasteiger partial charge >= 0.3 is 5.97 Å². The molecule has 4 atom stereocenters. The van der Waals surface area contributed by atoms with E-state index in [4.69, 9.17) is 21.3 Å². The van der Waals surface area contributed by atoms with Gasteiger partial charge in [0.05, 0.1) is 17.9 Å². The number of carbonyl (C=O) groups is 2. The standard InChI is InChI=1S/C19H24N8O3/c20-10-24-18(25-14-8-11-1-2-12(14)7-11)27-13-3-4-16(23-9-13)26-30-17(29)19(27,22)6-5-15(21)28/h3-4,9,11-12,14H,1-2,5-8,22H2,(H2,21,28)(H,23,26)(H,24,25)/t11?,12?,14?,19-/m1/s1. The number of rotatable bonds is 4. The summed E-state index contributed by atoms with van der Waals surface area (Å²) in [7, 11) is 0. The van der Waals surface area contributed by atoms with E-state index in [9.17, 15) is 14.9 Å². The molecule has 0 spiro atoms. The van der Waals surface area contributed by atoms with E-state index in [-0.39, 0.29) is 24.8 Å². The molecule has 30 heavy (non-hydrogen) atoms. The summed E-state index contributed by atoms with van der Waals surface area (Å²) in [6.07, 6.45) is 7.40. The van der Waals surface area contributed by atoms with Crippen LogP contribution in [0.2, 0.25) is 0 Å². The molecule has 3 unspecified atom stereocenters. The van der Waals surface area contributed by atoms with Crippen LogP contribution in [-0.2, 0) is 14.4 Å². The molecule has 1 aromatic rings. The van der Waals surface area contributed by atoms with Crippen LogP contribution in [-0.4, -0.2) is 34.5 Å². The molecule has 0 saturated heterocycles. The number of guanidine groups is 1. The van der Waals surface area contributed by atoms with E-state index in [2.05, 4.69) is 15.8 Å². The van der Waals surface area contributed by atoms with Crippen molar-refractivity contribution in [3.8, 4) is 6.19 Å². The predicted octanol–water partition coefficient (Wildman–Crippen LogP) is 0.307. The number of anilines is 2. The molecular formula is C19H24N8O3. The van der Waals surface area contributed by atoms with E-state index >= 15 is 0 Å². The fourth-order valence-corrected chi connectivity index (χ4v) is 4.65. The van der Waals surface area contributed by atoms with Crippen LogP contribution >= 0.6 is 0 Å². The van der Waals surface area contributed by atoms with Crippen molar-refractivity contribution in [1.29, 1.82) is 5.26 Å². The summed E-state index contributed by atoms with van der Waals surface area (Å²) in [6, 6.07) is 3.31. The maximum atomic E-state index is 13.0. The molecule has 1 amide bonds. The molecular weight excluding hydrogens is 388 g/mol. The lowest BCUT2D eigenvalue weighted by molar-refractivity contribution is -0.147. The van der Waals surface area contributed by atoms with Crippen molar-refractivity contribution in [3.05, 3.63) is 18.3 Å². The largest absolute Gasteiger partial charge is 0.372 e. The molecule has 4 bridgehead atoms. The third kappa shape index (κ3) is 3.61. The van der Waals surface area contributed by atoms with Gasteiger partial charge in [-0.15, -0.1) is 0 Å². The Balaban J connectivity index is 1.79. The Morgan fingerprint density at radius 3 is 2.90 bits per heavy atom. The van der Waals surface area contributed by atoms with Crippen molar-refractivity contribution in [1.82, 2.24) is 10.3 Å². The second-order valence-corrected chi connectivity index (χ2v) is 8.05. The summed E-state index contributed by atoms with van der Waals surface area (Å²) in [5.74, 6) is 0.0353. The van der Waals surface area contributed by atoms with Gasteiger partial charge in [0.1, 0.15) is 0 Å². The SMILES string of the molecule is N#CNC(=NC1CC2CCC1C2)N1c2ccc(nc2)NOC(=O)[C@@]1(N)CCC(N)=O. The minimum absolute atomic E-state index is 0.0222. The monoisotopic (exact) mass is 412 g/mol. The van der Waals surface area contributed by atoms with E-state index in [1.54, 1.807) is 12.1 Å². The third-order valence-electron chi connectivity index (χ3n) is 6.13. The van der Waals surface area contributed by atoms with Gasteiger partial charge in [-0.25, -0.2) is 20.3 Å². The number of fused-ring (bicyclic) bond motifs is 8. The first kappa shape index (κ1) is 19.9. The number of pyridine rings is 1. The molecule has 4 aliphatic rings. The van der Waals surface area contributed by atoms with Gasteiger partial charge in [0.2, 0.25) is 11.9 Å². The number of carbonyl (C=O) groups excluding carboxylic acids is 2. The number of amides is 1. The van der Waals surface area contributed by atoms with Gasteiger partial charge in [-0.2, -0.15) is 5.26 Å². The van der Waals surface area contributed by atoms with Gasteiger partial charge in [0.15, 0.2) is 17.7 Å². The zero-order valence-electron chi connectivity index (χ0n) is 16.4. The first-order valence-electron chi connectivity index (χ1n) is 9.94. The van der Waals surface area contributed by atoms with Crippen LogP contribution in [0.25, 0.3) is 0 Å². The minimum atomic E-state index is -1.85. The highest BCUT2D eigenvalue weighted by Gasteiger charge is 2.47. The molecule has 2 aliphatic heterocycles. The van der Waals surface area contributed by atoms with Crippen molar-refractivity contribution < 1.29 is 14.4 Å². The molecule has 2 saturated carbocycles. The van der Waals surface area contributed by atoms with Crippen LogP contribution in [0.15, 0.2) is 23.3 Å². The molecule has 11 heteroatoms. The number of aromatic nitrogens is 1. The number of hydrogen-bond donors (Lipinski definition) is 4. The van der Waals surface area contributed by atoms with Crippen LogP contribution in [0, 0.1) is 23.3 Å². The summed E-state index contributed by atoms with van der Waals surface area (Å²) in [4.78, 5) is 40.0. The molecule has 2 aliphatic carbocycles. The van der Waals surface area contributed by atoms with E-state index in [0.29, 0.717) is 23.3 Å². The van der Waals surface area contributed by atoms with Crippen molar-refractivity contribution in [2.45, 2.75) is 50.2 Å². The zero-order chi connectivity index (χ0) is 21.3. The lowest BCUT2D eigenvalue weighted by Gasteiger charge is -2.39. The smallest absolute Gasteiger partial charge is 0.370 e. The molecule has 1 aromatic heterocycles. The summed E-state index contributed by atoms with van der Waals surface area (Å²) < 4.78 is 0. The van der Waals surface area contributed by atoms with Crippen LogP contribution in [0.4, 0.5) is 11.5 Å². The summed E-state index contributed by atoms with van der Waals surface area (Å²) in [5, 5.41) is 12.0. The normalized spacial score (nSPS) is 30.0. The maximum Gasteiger partial charge on any atom is 0.372 e. The lowest BCUT2D eigenvalue weighted by Crippen LogP contribution is -2.67. The Hall–Kier alpha value is -3.39. The topological polar surface area (TPSA) is 172 Å². The third-order valence-corrected chi connectivity index (χ3v) is 6.13. The maximum absolute atomic E-state index is 13.0. The van der Waals surface area contributed by atoms with Crippen LogP contribution < -0.4 is 27.2 Å². The highest BCUT2D eigenvalue weighted by atomic mass is 16.7. The number of nitrogens with two attached hydrogens (primary N) is 2. The first-order chi connectivity index (χ1) is 14.4. The molecule has 6 N–H and O–H groups in total. The fraction of sp³-hybridized carbons (Fsp3) is 0.526. The molecule has 5 rings (SSSR count). The minimum Gasteiger partial charge on any atom is -0.370 e. The summed E-state index contributed by atoms with van der Waals surface area (Å²) in [6.45, 7) is 0. The summed E-state index contributed by atoms with van der Waals surface area (Å²) >= 11 is 0. The Morgan fingerprint density at radius 1 is 1.47 bits per heavy atom. The number of hydrogen-bond acceptors (Lipinski definition) is 8. The highest BCUT2D eigenvalue weighted by molar-refractivity contribution is 6.04. The molecule has 11 nitrogen and oxygen atoms in total. The molecule has 158 valence electrons. The Bertz CT molecular complexity index is 911. The molecule has 0 aromatic carbocycles. The zero-order valence-corrected chi connectivity index (χ0v) is 16.4. The van der Waals surface area contributed by atoms with Crippen molar-refractivity contribution >= 4 is 29.3 Å². The lowest BCUT2D eigenvalue weighted by atomic mass is 9.96. The van der Waals surface area contributed by atoms with E-state index in [0.717, 1.165) is 19.3 Å². The Morgan fingerprint density at radius 2 is 2.30 bits per heavy atom. The van der Waals surface area contributed by atoms with Gasteiger partial charge < -0.3 is 10.6 Å². The van der Waals surface area contributed by atoms with Crippen LogP contribution in [0.1, 0.15) is 38.5 Å². The van der Waals surface area contributed by atoms with Crippen molar-refractivity contribution in [3.63, 3.8) is 0 Å². The molecule has 0 radical (unpaired) electrons. The number of nitrogens with zero attached hydrogens (tertiary/aromatic N) is 4. The summed E-state index contributed by atoms with van der Waals surface area (Å²) in [5.41, 5.74) is 12.9.